The molecule has 0 aliphatic heterocycles. The molecule has 0 saturated heterocycles. The summed E-state index contributed by atoms with van der Waals surface area (Å²) in [6.45, 7) is -2.84. The highest BCUT2D eigenvalue weighted by Crippen LogP contribution is 2.19. The smallest absolute Gasteiger partial charge is 0.387 e. The van der Waals surface area contributed by atoms with Crippen molar-refractivity contribution in [2.24, 2.45) is 0 Å². The van der Waals surface area contributed by atoms with Gasteiger partial charge >= 0.3 is 6.61 Å². The summed E-state index contributed by atoms with van der Waals surface area (Å²) in [6, 6.07) is 13.3. The van der Waals surface area contributed by atoms with E-state index in [9.17, 15) is 8.78 Å². The van der Waals surface area contributed by atoms with Crippen molar-refractivity contribution < 1.29 is 18.3 Å². The number of thiocarbonyl (C=S) groups is 1. The van der Waals surface area contributed by atoms with E-state index in [2.05, 4.69) is 15.4 Å². The van der Waals surface area contributed by atoms with Crippen molar-refractivity contribution in [3.8, 4) is 11.5 Å². The molecule has 0 unspecified atom stereocenters. The molecule has 2 N–H and O–H groups in total. The van der Waals surface area contributed by atoms with Crippen LogP contribution in [0.25, 0.3) is 0 Å². The van der Waals surface area contributed by atoms with E-state index in [4.69, 9.17) is 17.0 Å². The van der Waals surface area contributed by atoms with Crippen molar-refractivity contribution in [2.45, 2.75) is 6.61 Å². The van der Waals surface area contributed by atoms with Crippen LogP contribution in [0.15, 0.2) is 48.5 Å². The highest BCUT2D eigenvalue weighted by molar-refractivity contribution is 7.80. The SMILES string of the molecule is COc1ccc(NC(=S)Nc2ccc(OC(F)F)cc2)cc1. The highest BCUT2D eigenvalue weighted by atomic mass is 32.1. The number of methoxy groups -OCH3 is 1. The van der Waals surface area contributed by atoms with E-state index in [0.717, 1.165) is 11.4 Å². The van der Waals surface area contributed by atoms with Gasteiger partial charge in [-0.1, -0.05) is 0 Å². The Labute approximate surface area is 132 Å². The van der Waals surface area contributed by atoms with E-state index in [1.165, 1.54) is 12.1 Å². The van der Waals surface area contributed by atoms with Crippen LogP contribution in [-0.4, -0.2) is 18.8 Å². The predicted molar refractivity (Wildman–Crippen MR) is 85.9 cm³/mol. The van der Waals surface area contributed by atoms with Gasteiger partial charge in [-0.15, -0.1) is 0 Å². The van der Waals surface area contributed by atoms with E-state index < -0.39 is 6.61 Å². The standard InChI is InChI=1S/C15H14F2N2O2S/c1-20-12-6-2-10(3-7-12)18-15(22)19-11-4-8-13(9-5-11)21-14(16)17/h2-9,14H,1H3,(H2,18,19,22). The van der Waals surface area contributed by atoms with Crippen molar-refractivity contribution in [3.63, 3.8) is 0 Å². The zero-order chi connectivity index (χ0) is 15.9. The second-order valence-electron chi connectivity index (χ2n) is 4.21. The van der Waals surface area contributed by atoms with Crippen molar-refractivity contribution in [2.75, 3.05) is 17.7 Å². The molecule has 0 heterocycles. The third-order valence-corrected chi connectivity index (χ3v) is 2.89. The highest BCUT2D eigenvalue weighted by Gasteiger charge is 2.04. The molecular formula is C15H14F2N2O2S. The molecule has 116 valence electrons. The van der Waals surface area contributed by atoms with Crippen LogP contribution in [0, 0.1) is 0 Å². The van der Waals surface area contributed by atoms with Crippen LogP contribution in [0.5, 0.6) is 11.5 Å². The molecule has 0 radical (unpaired) electrons. The molecule has 22 heavy (non-hydrogen) atoms. The van der Waals surface area contributed by atoms with Crippen LogP contribution in [0.2, 0.25) is 0 Å². The zero-order valence-electron chi connectivity index (χ0n) is 11.7. The molecule has 0 aromatic heterocycles. The first-order valence-electron chi connectivity index (χ1n) is 6.34. The lowest BCUT2D eigenvalue weighted by Crippen LogP contribution is -2.18. The molecule has 0 atom stereocenters. The average molecular weight is 324 g/mol. The summed E-state index contributed by atoms with van der Waals surface area (Å²) in [5, 5.41) is 6.33. The molecule has 0 amide bonds. The van der Waals surface area contributed by atoms with E-state index in [1.807, 2.05) is 12.1 Å². The predicted octanol–water partition coefficient (Wildman–Crippen LogP) is 4.11. The summed E-state index contributed by atoms with van der Waals surface area (Å²) in [7, 11) is 1.59. The third-order valence-electron chi connectivity index (χ3n) is 2.69. The van der Waals surface area contributed by atoms with Gasteiger partial charge < -0.3 is 20.1 Å². The summed E-state index contributed by atoms with van der Waals surface area (Å²) in [5.41, 5.74) is 1.46. The number of rotatable bonds is 5. The summed E-state index contributed by atoms with van der Waals surface area (Å²) in [4.78, 5) is 0. The molecule has 0 spiro atoms. The number of hydrogen-bond donors (Lipinski definition) is 2. The van der Waals surface area contributed by atoms with E-state index in [-0.39, 0.29) is 5.75 Å². The molecule has 0 aliphatic rings. The molecule has 0 saturated carbocycles. The third kappa shape index (κ3) is 4.85. The quantitative estimate of drug-likeness (QED) is 0.810. The van der Waals surface area contributed by atoms with Crippen molar-refractivity contribution >= 4 is 28.7 Å². The van der Waals surface area contributed by atoms with Crippen LogP contribution in [0.3, 0.4) is 0 Å². The Hall–Kier alpha value is -2.41. The van der Waals surface area contributed by atoms with Crippen molar-refractivity contribution in [1.82, 2.24) is 0 Å². The summed E-state index contributed by atoms with van der Waals surface area (Å²) in [5.74, 6) is 0.841. The van der Waals surface area contributed by atoms with Gasteiger partial charge in [-0.2, -0.15) is 8.78 Å². The van der Waals surface area contributed by atoms with Crippen LogP contribution in [0.1, 0.15) is 0 Å². The molecule has 4 nitrogen and oxygen atoms in total. The molecule has 0 fully saturated rings. The first-order valence-corrected chi connectivity index (χ1v) is 6.74. The second-order valence-corrected chi connectivity index (χ2v) is 4.62. The van der Waals surface area contributed by atoms with Crippen LogP contribution < -0.4 is 20.1 Å². The van der Waals surface area contributed by atoms with Crippen LogP contribution in [-0.2, 0) is 0 Å². The Balaban J connectivity index is 1.90. The Morgan fingerprint density at radius 1 is 0.909 bits per heavy atom. The maximum atomic E-state index is 12.0. The van der Waals surface area contributed by atoms with E-state index in [0.29, 0.717) is 10.8 Å². The average Bonchev–Trinajstić information content (AvgIpc) is 2.49. The van der Waals surface area contributed by atoms with Gasteiger partial charge in [0.05, 0.1) is 7.11 Å². The number of alkyl halides is 2. The fourth-order valence-corrected chi connectivity index (χ4v) is 1.92. The molecule has 0 aliphatic carbocycles. The molecule has 2 rings (SSSR count). The Morgan fingerprint density at radius 3 is 1.77 bits per heavy atom. The van der Waals surface area contributed by atoms with E-state index >= 15 is 0 Å². The minimum Gasteiger partial charge on any atom is -0.497 e. The molecule has 0 bridgehead atoms. The number of anilines is 2. The number of ether oxygens (including phenoxy) is 2. The fourth-order valence-electron chi connectivity index (χ4n) is 1.69. The first kappa shape index (κ1) is 16.0. The molecular weight excluding hydrogens is 310 g/mol. The Kier molecular flexibility index (Phi) is 5.48. The molecule has 7 heteroatoms. The fraction of sp³-hybridized carbons (Fsp3) is 0.133. The Bertz CT molecular complexity index is 618. The van der Waals surface area contributed by atoms with Gasteiger partial charge in [0, 0.05) is 11.4 Å². The van der Waals surface area contributed by atoms with Crippen LogP contribution >= 0.6 is 12.2 Å². The van der Waals surface area contributed by atoms with Gasteiger partial charge in [-0.25, -0.2) is 0 Å². The number of nitrogens with one attached hydrogen (secondary N) is 2. The topological polar surface area (TPSA) is 42.5 Å². The Morgan fingerprint density at radius 2 is 1.36 bits per heavy atom. The minimum absolute atomic E-state index is 0.0922. The number of hydrogen-bond acceptors (Lipinski definition) is 3. The van der Waals surface area contributed by atoms with Gasteiger partial charge in [-0.05, 0) is 60.7 Å². The summed E-state index contributed by atoms with van der Waals surface area (Å²) < 4.78 is 33.4. The first-order chi connectivity index (χ1) is 10.6. The van der Waals surface area contributed by atoms with Crippen molar-refractivity contribution in [3.05, 3.63) is 48.5 Å². The lowest BCUT2D eigenvalue weighted by atomic mass is 10.3. The number of halogens is 2. The van der Waals surface area contributed by atoms with E-state index in [1.54, 1.807) is 31.4 Å². The lowest BCUT2D eigenvalue weighted by Gasteiger charge is -2.11. The van der Waals surface area contributed by atoms with Gasteiger partial charge in [0.1, 0.15) is 11.5 Å². The maximum absolute atomic E-state index is 12.0. The normalized spacial score (nSPS) is 10.2. The van der Waals surface area contributed by atoms with Gasteiger partial charge in [-0.3, -0.25) is 0 Å². The van der Waals surface area contributed by atoms with Gasteiger partial charge in [0.25, 0.3) is 0 Å². The monoisotopic (exact) mass is 324 g/mol. The minimum atomic E-state index is -2.84. The summed E-state index contributed by atoms with van der Waals surface area (Å²) in [6.07, 6.45) is 0. The maximum Gasteiger partial charge on any atom is 0.387 e. The molecule has 2 aromatic rings. The lowest BCUT2D eigenvalue weighted by molar-refractivity contribution is -0.0498. The number of benzene rings is 2. The van der Waals surface area contributed by atoms with Crippen molar-refractivity contribution in [1.29, 1.82) is 0 Å². The zero-order valence-corrected chi connectivity index (χ0v) is 12.5. The van der Waals surface area contributed by atoms with Crippen LogP contribution in [0.4, 0.5) is 20.2 Å². The van der Waals surface area contributed by atoms with Gasteiger partial charge in [0.2, 0.25) is 0 Å². The largest absolute Gasteiger partial charge is 0.497 e. The second kappa shape index (κ2) is 7.56. The van der Waals surface area contributed by atoms with Gasteiger partial charge in [0.15, 0.2) is 5.11 Å². The summed E-state index contributed by atoms with van der Waals surface area (Å²) >= 11 is 5.18. The molecule has 2 aromatic carbocycles.